The van der Waals surface area contributed by atoms with E-state index in [4.69, 9.17) is 10.7 Å². The number of benzene rings is 2. The number of urea groups is 1. The maximum atomic E-state index is 14.8. The van der Waals surface area contributed by atoms with Crippen LogP contribution in [0.2, 0.25) is 0 Å². The largest absolute Gasteiger partial charge is 0.333 e. The fraction of sp³-hybridized carbons (Fsp3) is 0.292. The highest BCUT2D eigenvalue weighted by Gasteiger charge is 2.35. The summed E-state index contributed by atoms with van der Waals surface area (Å²) < 4.78 is 43.4. The number of carbonyl (C=O) groups excluding carboxylic acids is 1. The van der Waals surface area contributed by atoms with Crippen molar-refractivity contribution in [1.29, 1.82) is 0 Å². The van der Waals surface area contributed by atoms with Crippen LogP contribution < -0.4 is 21.3 Å². The first kappa shape index (κ1) is 22.3. The molecule has 2 aliphatic heterocycles. The SMILES string of the molecule is Cc1cc(F)ccc1-c1nc(C2CCNC(N)C2)nc2c1CNC(=O)N2c1c(F)cccc1F. The minimum Gasteiger partial charge on any atom is -0.333 e. The number of rotatable bonds is 3. The van der Waals surface area contributed by atoms with E-state index in [0.717, 1.165) is 17.0 Å². The highest BCUT2D eigenvalue weighted by atomic mass is 19.1. The number of halogens is 3. The first-order valence-corrected chi connectivity index (χ1v) is 11.0. The van der Waals surface area contributed by atoms with Crippen molar-refractivity contribution in [1.82, 2.24) is 20.6 Å². The van der Waals surface area contributed by atoms with Crippen molar-refractivity contribution in [3.8, 4) is 11.3 Å². The Labute approximate surface area is 194 Å². The molecule has 0 spiro atoms. The van der Waals surface area contributed by atoms with E-state index in [1.807, 2.05) is 0 Å². The Morgan fingerprint density at radius 3 is 2.59 bits per heavy atom. The van der Waals surface area contributed by atoms with E-state index in [9.17, 15) is 18.0 Å². The molecule has 2 atom stereocenters. The van der Waals surface area contributed by atoms with Crippen LogP contribution in [0.1, 0.15) is 35.7 Å². The lowest BCUT2D eigenvalue weighted by molar-refractivity contribution is 0.246. The molecule has 1 aromatic heterocycles. The Kier molecular flexibility index (Phi) is 5.70. The Morgan fingerprint density at radius 1 is 1.12 bits per heavy atom. The number of aryl methyl sites for hydroxylation is 1. The van der Waals surface area contributed by atoms with Gasteiger partial charge in [0.25, 0.3) is 0 Å². The van der Waals surface area contributed by atoms with Gasteiger partial charge in [-0.1, -0.05) is 6.07 Å². The lowest BCUT2D eigenvalue weighted by Gasteiger charge is -2.33. The van der Waals surface area contributed by atoms with E-state index >= 15 is 0 Å². The molecule has 10 heteroatoms. The van der Waals surface area contributed by atoms with Crippen molar-refractivity contribution in [3.63, 3.8) is 0 Å². The van der Waals surface area contributed by atoms with E-state index in [1.165, 1.54) is 18.2 Å². The number of hydrogen-bond donors (Lipinski definition) is 3. The summed E-state index contributed by atoms with van der Waals surface area (Å²) in [6.07, 6.45) is 1.01. The molecule has 1 fully saturated rings. The average molecular weight is 468 g/mol. The van der Waals surface area contributed by atoms with Crippen LogP contribution in [0.3, 0.4) is 0 Å². The number of anilines is 2. The number of piperidine rings is 1. The summed E-state index contributed by atoms with van der Waals surface area (Å²) in [4.78, 5) is 23.3. The van der Waals surface area contributed by atoms with Crippen LogP contribution in [0.4, 0.5) is 29.5 Å². The van der Waals surface area contributed by atoms with Gasteiger partial charge in [0.2, 0.25) is 0 Å². The molecule has 0 aliphatic carbocycles. The summed E-state index contributed by atoms with van der Waals surface area (Å²) in [7, 11) is 0. The van der Waals surface area contributed by atoms with Crippen molar-refractivity contribution in [3.05, 3.63) is 70.8 Å². The molecular weight excluding hydrogens is 445 g/mol. The predicted octanol–water partition coefficient (Wildman–Crippen LogP) is 3.98. The molecule has 2 amide bonds. The van der Waals surface area contributed by atoms with Gasteiger partial charge in [0.1, 0.15) is 29.0 Å². The van der Waals surface area contributed by atoms with Crippen LogP contribution in [0.5, 0.6) is 0 Å². The number of para-hydroxylation sites is 1. The third kappa shape index (κ3) is 3.88. The number of nitrogens with one attached hydrogen (secondary N) is 2. The first-order valence-electron chi connectivity index (χ1n) is 11.0. The molecule has 5 rings (SSSR count). The van der Waals surface area contributed by atoms with Crippen LogP contribution in [0.25, 0.3) is 11.3 Å². The molecule has 176 valence electrons. The lowest BCUT2D eigenvalue weighted by atomic mass is 9.93. The second-order valence-electron chi connectivity index (χ2n) is 8.54. The number of aromatic nitrogens is 2. The predicted molar refractivity (Wildman–Crippen MR) is 121 cm³/mol. The number of hydrogen-bond acceptors (Lipinski definition) is 5. The summed E-state index contributed by atoms with van der Waals surface area (Å²) in [5.74, 6) is -1.79. The van der Waals surface area contributed by atoms with Crippen LogP contribution in [0.15, 0.2) is 36.4 Å². The molecular formula is C24H23F3N6O. The highest BCUT2D eigenvalue weighted by molar-refractivity contribution is 6.02. The molecule has 2 unspecified atom stereocenters. The minimum atomic E-state index is -0.897. The molecule has 2 aromatic carbocycles. The Bertz CT molecular complexity index is 1260. The summed E-state index contributed by atoms with van der Waals surface area (Å²) >= 11 is 0. The standard InChI is InChI=1S/C24H23F3N6O/c1-12-9-14(25)5-6-15(12)20-16-11-30-24(34)33(21-17(26)3-2-4-18(21)27)23(16)32-22(31-20)13-7-8-29-19(28)10-13/h2-6,9,13,19,29H,7-8,10-11,28H2,1H3,(H,30,34). The minimum absolute atomic E-state index is 0.0545. The molecule has 7 nitrogen and oxygen atoms in total. The number of carbonyl (C=O) groups is 1. The second-order valence-corrected chi connectivity index (χ2v) is 8.54. The van der Waals surface area contributed by atoms with E-state index in [0.29, 0.717) is 47.6 Å². The molecule has 0 saturated carbocycles. The molecule has 0 radical (unpaired) electrons. The van der Waals surface area contributed by atoms with Crippen LogP contribution >= 0.6 is 0 Å². The second kappa shape index (κ2) is 8.69. The van der Waals surface area contributed by atoms with E-state index < -0.39 is 29.2 Å². The van der Waals surface area contributed by atoms with Gasteiger partial charge in [-0.05, 0) is 62.2 Å². The van der Waals surface area contributed by atoms with Gasteiger partial charge >= 0.3 is 6.03 Å². The third-order valence-electron chi connectivity index (χ3n) is 6.24. The zero-order chi connectivity index (χ0) is 24.0. The first-order chi connectivity index (χ1) is 16.3. The molecule has 3 heterocycles. The number of nitrogens with zero attached hydrogens (tertiary/aromatic N) is 3. The topological polar surface area (TPSA) is 96.2 Å². The van der Waals surface area contributed by atoms with Gasteiger partial charge in [-0.2, -0.15) is 0 Å². The highest BCUT2D eigenvalue weighted by Crippen LogP contribution is 2.40. The van der Waals surface area contributed by atoms with Gasteiger partial charge in [0, 0.05) is 17.0 Å². The monoisotopic (exact) mass is 468 g/mol. The third-order valence-corrected chi connectivity index (χ3v) is 6.24. The zero-order valence-electron chi connectivity index (χ0n) is 18.4. The number of fused-ring (bicyclic) bond motifs is 1. The summed E-state index contributed by atoms with van der Waals surface area (Å²) in [5, 5.41) is 5.83. The van der Waals surface area contributed by atoms with Crippen molar-refractivity contribution in [2.75, 3.05) is 11.4 Å². The fourth-order valence-corrected chi connectivity index (χ4v) is 4.57. The summed E-state index contributed by atoms with van der Waals surface area (Å²) in [5.41, 5.74) is 7.81. The molecule has 1 saturated heterocycles. The Hall–Kier alpha value is -3.50. The Balaban J connectivity index is 1.76. The molecule has 0 bridgehead atoms. The van der Waals surface area contributed by atoms with Gasteiger partial charge in [0.15, 0.2) is 5.82 Å². The van der Waals surface area contributed by atoms with E-state index in [1.54, 1.807) is 13.0 Å². The maximum absolute atomic E-state index is 14.8. The van der Waals surface area contributed by atoms with Crippen molar-refractivity contribution in [2.24, 2.45) is 5.73 Å². The average Bonchev–Trinajstić information content (AvgIpc) is 2.79. The van der Waals surface area contributed by atoms with E-state index in [2.05, 4.69) is 15.6 Å². The molecule has 34 heavy (non-hydrogen) atoms. The van der Waals surface area contributed by atoms with Crippen LogP contribution in [0, 0.1) is 24.4 Å². The summed E-state index contributed by atoms with van der Waals surface area (Å²) in [6.45, 7) is 2.46. The van der Waals surface area contributed by atoms with Crippen molar-refractivity contribution in [2.45, 2.75) is 38.4 Å². The van der Waals surface area contributed by atoms with Crippen molar-refractivity contribution >= 4 is 17.5 Å². The van der Waals surface area contributed by atoms with Gasteiger partial charge < -0.3 is 16.4 Å². The summed E-state index contributed by atoms with van der Waals surface area (Å²) in [6, 6.07) is 7.01. The Morgan fingerprint density at radius 2 is 1.88 bits per heavy atom. The quantitative estimate of drug-likeness (QED) is 0.540. The normalized spacial score (nSPS) is 20.1. The maximum Gasteiger partial charge on any atom is 0.328 e. The molecule has 2 aliphatic rings. The van der Waals surface area contributed by atoms with E-state index in [-0.39, 0.29) is 24.4 Å². The fourth-order valence-electron chi connectivity index (χ4n) is 4.57. The molecule has 4 N–H and O–H groups in total. The lowest BCUT2D eigenvalue weighted by Crippen LogP contribution is -2.45. The number of amides is 2. The smallest absolute Gasteiger partial charge is 0.328 e. The van der Waals surface area contributed by atoms with Gasteiger partial charge in [-0.25, -0.2) is 32.8 Å². The van der Waals surface area contributed by atoms with Crippen LogP contribution in [-0.2, 0) is 6.54 Å². The van der Waals surface area contributed by atoms with Gasteiger partial charge in [0.05, 0.1) is 18.4 Å². The number of nitrogens with two attached hydrogens (primary N) is 1. The van der Waals surface area contributed by atoms with Crippen LogP contribution in [-0.4, -0.2) is 28.7 Å². The van der Waals surface area contributed by atoms with Gasteiger partial charge in [-0.15, -0.1) is 0 Å². The zero-order valence-corrected chi connectivity index (χ0v) is 18.4. The van der Waals surface area contributed by atoms with Gasteiger partial charge in [-0.3, -0.25) is 0 Å². The van der Waals surface area contributed by atoms with Crippen molar-refractivity contribution < 1.29 is 18.0 Å². The molecule has 3 aromatic rings.